The van der Waals surface area contributed by atoms with E-state index in [0.29, 0.717) is 18.2 Å². The minimum Gasteiger partial charge on any atom is -0.508 e. The Bertz CT molecular complexity index is 505. The molecule has 0 aliphatic heterocycles. The Morgan fingerprint density at radius 1 is 1.26 bits per heavy atom. The molecule has 2 aromatic rings. The summed E-state index contributed by atoms with van der Waals surface area (Å²) in [6.45, 7) is 4.78. The highest BCUT2D eigenvalue weighted by atomic mass is 16.4. The van der Waals surface area contributed by atoms with Gasteiger partial charge in [-0.1, -0.05) is 26.0 Å². The molecule has 0 saturated heterocycles. The zero-order chi connectivity index (χ0) is 13.7. The molecular weight excluding hydrogens is 240 g/mol. The quantitative estimate of drug-likeness (QED) is 0.837. The molecule has 2 rings (SSSR count). The summed E-state index contributed by atoms with van der Waals surface area (Å²) >= 11 is 0. The van der Waals surface area contributed by atoms with Crippen molar-refractivity contribution in [2.24, 2.45) is 0 Å². The maximum Gasteiger partial charge on any atom is 0.208 e. The number of hydrogen-bond acceptors (Lipinski definition) is 4. The molecule has 1 atom stereocenters. The van der Waals surface area contributed by atoms with Gasteiger partial charge in [0, 0.05) is 12.5 Å². The van der Waals surface area contributed by atoms with Gasteiger partial charge in [0.05, 0.1) is 12.7 Å². The Balaban J connectivity index is 1.97. The van der Waals surface area contributed by atoms with Crippen molar-refractivity contribution in [3.05, 3.63) is 47.7 Å². The van der Waals surface area contributed by atoms with Crippen LogP contribution in [-0.2, 0) is 13.0 Å². The van der Waals surface area contributed by atoms with E-state index in [9.17, 15) is 5.11 Å². The first-order chi connectivity index (χ1) is 9.22. The van der Waals surface area contributed by atoms with Crippen molar-refractivity contribution in [1.82, 2.24) is 10.3 Å². The lowest BCUT2D eigenvalue weighted by molar-refractivity contribution is 0.413. The number of aromatic hydroxyl groups is 1. The average molecular weight is 260 g/mol. The summed E-state index contributed by atoms with van der Waals surface area (Å²) in [6, 6.07) is 7.52. The molecule has 0 saturated carbocycles. The zero-order valence-electron chi connectivity index (χ0n) is 11.4. The zero-order valence-corrected chi connectivity index (χ0v) is 11.4. The van der Waals surface area contributed by atoms with Crippen molar-refractivity contribution >= 4 is 0 Å². The highest BCUT2D eigenvalue weighted by Crippen LogP contribution is 2.20. The van der Waals surface area contributed by atoms with Crippen molar-refractivity contribution in [2.45, 2.75) is 39.3 Å². The van der Waals surface area contributed by atoms with Crippen molar-refractivity contribution in [2.75, 3.05) is 0 Å². The number of nitrogens with zero attached hydrogens (tertiary/aromatic N) is 1. The van der Waals surface area contributed by atoms with Gasteiger partial charge in [0.25, 0.3) is 0 Å². The van der Waals surface area contributed by atoms with Crippen LogP contribution in [0.15, 0.2) is 34.9 Å². The molecule has 0 amide bonds. The van der Waals surface area contributed by atoms with E-state index in [2.05, 4.69) is 17.2 Å². The van der Waals surface area contributed by atoms with Gasteiger partial charge in [-0.05, 0) is 24.1 Å². The topological polar surface area (TPSA) is 58.3 Å². The highest BCUT2D eigenvalue weighted by Gasteiger charge is 2.10. The predicted octanol–water partition coefficient (Wildman–Crippen LogP) is 3.18. The van der Waals surface area contributed by atoms with E-state index in [1.807, 2.05) is 19.1 Å². The van der Waals surface area contributed by atoms with E-state index in [1.165, 1.54) is 0 Å². The standard InChI is InChI=1S/C15H20N2O2/c1-3-13-9-17-15(19-13)10-16-14(4-2)11-5-7-12(18)8-6-11/h5-9,14,16,18H,3-4,10H2,1-2H3. The molecule has 0 aliphatic rings. The van der Waals surface area contributed by atoms with Gasteiger partial charge in [0.1, 0.15) is 11.5 Å². The molecule has 1 unspecified atom stereocenters. The lowest BCUT2D eigenvalue weighted by Crippen LogP contribution is -2.20. The fourth-order valence-electron chi connectivity index (χ4n) is 2.01. The van der Waals surface area contributed by atoms with Crippen LogP contribution in [0.25, 0.3) is 0 Å². The van der Waals surface area contributed by atoms with Crippen LogP contribution in [0.3, 0.4) is 0 Å². The van der Waals surface area contributed by atoms with Crippen molar-refractivity contribution < 1.29 is 9.52 Å². The highest BCUT2D eigenvalue weighted by molar-refractivity contribution is 5.27. The number of oxazole rings is 1. The summed E-state index contributed by atoms with van der Waals surface area (Å²) in [5, 5.41) is 12.7. The van der Waals surface area contributed by atoms with Crippen LogP contribution in [0.2, 0.25) is 0 Å². The SMILES string of the molecule is CCc1cnc(CNC(CC)c2ccc(O)cc2)o1. The van der Waals surface area contributed by atoms with E-state index < -0.39 is 0 Å². The van der Waals surface area contributed by atoms with E-state index in [4.69, 9.17) is 4.42 Å². The number of aromatic nitrogens is 1. The first kappa shape index (κ1) is 13.6. The molecule has 0 aliphatic carbocycles. The van der Waals surface area contributed by atoms with Crippen LogP contribution in [0.1, 0.15) is 43.5 Å². The first-order valence-corrected chi connectivity index (χ1v) is 6.68. The molecule has 102 valence electrons. The molecule has 1 aromatic carbocycles. The second kappa shape index (κ2) is 6.38. The van der Waals surface area contributed by atoms with Crippen LogP contribution in [0.4, 0.5) is 0 Å². The maximum atomic E-state index is 9.30. The molecule has 0 bridgehead atoms. The molecule has 1 aromatic heterocycles. The van der Waals surface area contributed by atoms with Gasteiger partial charge in [-0.15, -0.1) is 0 Å². The number of phenols is 1. The first-order valence-electron chi connectivity index (χ1n) is 6.68. The van der Waals surface area contributed by atoms with Gasteiger partial charge in [-0.3, -0.25) is 0 Å². The Hall–Kier alpha value is -1.81. The molecule has 1 heterocycles. The molecule has 4 nitrogen and oxygen atoms in total. The molecule has 19 heavy (non-hydrogen) atoms. The Morgan fingerprint density at radius 3 is 2.58 bits per heavy atom. The summed E-state index contributed by atoms with van der Waals surface area (Å²) in [5.74, 6) is 1.92. The van der Waals surface area contributed by atoms with Crippen LogP contribution in [0, 0.1) is 0 Å². The number of benzene rings is 1. The molecule has 4 heteroatoms. The number of rotatable bonds is 6. The smallest absolute Gasteiger partial charge is 0.208 e. The predicted molar refractivity (Wildman–Crippen MR) is 73.9 cm³/mol. The largest absolute Gasteiger partial charge is 0.508 e. The summed E-state index contributed by atoms with van der Waals surface area (Å²) in [4.78, 5) is 4.23. The van der Waals surface area contributed by atoms with Crippen molar-refractivity contribution in [3.8, 4) is 5.75 Å². The fourth-order valence-corrected chi connectivity index (χ4v) is 2.01. The lowest BCUT2D eigenvalue weighted by atomic mass is 10.0. The summed E-state index contributed by atoms with van der Waals surface area (Å²) in [5.41, 5.74) is 1.16. The number of nitrogens with one attached hydrogen (secondary N) is 1. The van der Waals surface area contributed by atoms with E-state index in [-0.39, 0.29) is 6.04 Å². The lowest BCUT2D eigenvalue weighted by Gasteiger charge is -2.16. The van der Waals surface area contributed by atoms with Gasteiger partial charge in [-0.2, -0.15) is 0 Å². The third kappa shape index (κ3) is 3.58. The third-order valence-corrected chi connectivity index (χ3v) is 3.15. The minimum absolute atomic E-state index is 0.234. The van der Waals surface area contributed by atoms with Gasteiger partial charge >= 0.3 is 0 Å². The molecule has 0 fully saturated rings. The second-order valence-corrected chi connectivity index (χ2v) is 4.51. The van der Waals surface area contributed by atoms with Gasteiger partial charge in [0.2, 0.25) is 5.89 Å². The number of hydrogen-bond donors (Lipinski definition) is 2. The molecule has 2 N–H and O–H groups in total. The summed E-state index contributed by atoms with van der Waals surface area (Å²) in [7, 11) is 0. The van der Waals surface area contributed by atoms with Crippen LogP contribution in [0.5, 0.6) is 5.75 Å². The van der Waals surface area contributed by atoms with Crippen LogP contribution in [-0.4, -0.2) is 10.1 Å². The van der Waals surface area contributed by atoms with Gasteiger partial charge < -0.3 is 14.8 Å². The van der Waals surface area contributed by atoms with E-state index >= 15 is 0 Å². The number of aryl methyl sites for hydroxylation is 1. The Kier molecular flexibility index (Phi) is 4.58. The third-order valence-electron chi connectivity index (χ3n) is 3.15. The summed E-state index contributed by atoms with van der Waals surface area (Å²) < 4.78 is 5.57. The maximum absolute atomic E-state index is 9.30. The average Bonchev–Trinajstić information content (AvgIpc) is 2.89. The van der Waals surface area contributed by atoms with Crippen molar-refractivity contribution in [1.29, 1.82) is 0 Å². The molecule has 0 spiro atoms. The Labute approximate surface area is 113 Å². The van der Waals surface area contributed by atoms with E-state index in [1.54, 1.807) is 18.3 Å². The normalized spacial score (nSPS) is 12.5. The minimum atomic E-state index is 0.234. The van der Waals surface area contributed by atoms with Crippen LogP contribution >= 0.6 is 0 Å². The van der Waals surface area contributed by atoms with Crippen LogP contribution < -0.4 is 5.32 Å². The second-order valence-electron chi connectivity index (χ2n) is 4.51. The number of phenolic OH excluding ortho intramolecular Hbond substituents is 1. The monoisotopic (exact) mass is 260 g/mol. The molecule has 0 radical (unpaired) electrons. The fraction of sp³-hybridized carbons (Fsp3) is 0.400. The van der Waals surface area contributed by atoms with Crippen molar-refractivity contribution in [3.63, 3.8) is 0 Å². The molecular formula is C15H20N2O2. The van der Waals surface area contributed by atoms with Gasteiger partial charge in [0.15, 0.2) is 0 Å². The Morgan fingerprint density at radius 2 is 2.00 bits per heavy atom. The van der Waals surface area contributed by atoms with Gasteiger partial charge in [-0.25, -0.2) is 4.98 Å². The summed E-state index contributed by atoms with van der Waals surface area (Å²) in [6.07, 6.45) is 3.60. The van der Waals surface area contributed by atoms with E-state index in [0.717, 1.165) is 24.2 Å².